The molecule has 14 heteroatoms. The van der Waals surface area contributed by atoms with Crippen LogP contribution in [0.5, 0.6) is 5.75 Å². The number of hydrogen-bond donors (Lipinski definition) is 9. The highest BCUT2D eigenvalue weighted by Gasteiger charge is 2.26. The standard InChI is InChI=1S/C20H31N7O6S/c21-13(2-1-7-24-20(22)23)17(30)25-9-16(29)26-14(8-11-3-5-12(28)6-4-11)18(31)27-15(10-34)19(32)33/h3-6,13-15,28,34H,1-2,7-10,21H2,(H,25,30)(H,26,29)(H,27,31)(H,32,33)(H4,22,23,24). The lowest BCUT2D eigenvalue weighted by atomic mass is 10.0. The Bertz CT molecular complexity index is 877. The van der Waals surface area contributed by atoms with Gasteiger partial charge >= 0.3 is 5.97 Å². The van der Waals surface area contributed by atoms with Gasteiger partial charge in [-0.3, -0.25) is 19.4 Å². The van der Waals surface area contributed by atoms with Crippen LogP contribution in [0.2, 0.25) is 0 Å². The molecule has 11 N–H and O–H groups in total. The van der Waals surface area contributed by atoms with Crippen LogP contribution < -0.4 is 33.2 Å². The van der Waals surface area contributed by atoms with Crippen LogP contribution in [0.1, 0.15) is 18.4 Å². The molecule has 0 aliphatic rings. The van der Waals surface area contributed by atoms with E-state index in [1.54, 1.807) is 12.1 Å². The van der Waals surface area contributed by atoms with Gasteiger partial charge < -0.3 is 43.4 Å². The lowest BCUT2D eigenvalue weighted by Crippen LogP contribution is -2.54. The first-order valence-corrected chi connectivity index (χ1v) is 11.0. The molecule has 1 rings (SSSR count). The number of aromatic hydroxyl groups is 1. The topological polar surface area (TPSA) is 235 Å². The first kappa shape index (κ1) is 28.5. The minimum Gasteiger partial charge on any atom is -0.508 e. The number of aliphatic imine (C=N–C) groups is 1. The Morgan fingerprint density at radius 2 is 1.68 bits per heavy atom. The fourth-order valence-corrected chi connectivity index (χ4v) is 2.98. The third-order valence-corrected chi connectivity index (χ3v) is 4.92. The number of phenolic OH excluding ortho intramolecular Hbond substituents is 1. The van der Waals surface area contributed by atoms with E-state index < -0.39 is 48.4 Å². The number of carboxylic acids is 1. The fraction of sp³-hybridized carbons (Fsp3) is 0.450. The first-order valence-electron chi connectivity index (χ1n) is 10.3. The summed E-state index contributed by atoms with van der Waals surface area (Å²) in [5.41, 5.74) is 16.8. The van der Waals surface area contributed by atoms with Gasteiger partial charge in [-0.15, -0.1) is 0 Å². The summed E-state index contributed by atoms with van der Waals surface area (Å²) in [5, 5.41) is 25.7. The van der Waals surface area contributed by atoms with E-state index in [9.17, 15) is 24.3 Å². The zero-order valence-electron chi connectivity index (χ0n) is 18.4. The van der Waals surface area contributed by atoms with Gasteiger partial charge in [0.25, 0.3) is 0 Å². The number of rotatable bonds is 14. The minimum atomic E-state index is -1.28. The van der Waals surface area contributed by atoms with Crippen molar-refractivity contribution in [1.82, 2.24) is 16.0 Å². The van der Waals surface area contributed by atoms with Crippen molar-refractivity contribution in [3.8, 4) is 5.75 Å². The molecule has 3 unspecified atom stereocenters. The fourth-order valence-electron chi connectivity index (χ4n) is 2.73. The van der Waals surface area contributed by atoms with Gasteiger partial charge in [0.2, 0.25) is 17.7 Å². The van der Waals surface area contributed by atoms with E-state index in [-0.39, 0.29) is 30.3 Å². The number of carbonyl (C=O) groups is 4. The zero-order valence-corrected chi connectivity index (χ0v) is 19.3. The number of nitrogens with one attached hydrogen (secondary N) is 3. The molecule has 34 heavy (non-hydrogen) atoms. The number of guanidine groups is 1. The molecule has 0 fully saturated rings. The van der Waals surface area contributed by atoms with Crippen molar-refractivity contribution >= 4 is 42.3 Å². The molecule has 0 aromatic heterocycles. The van der Waals surface area contributed by atoms with Crippen molar-refractivity contribution in [3.63, 3.8) is 0 Å². The number of amides is 3. The van der Waals surface area contributed by atoms with Crippen LogP contribution in [-0.4, -0.2) is 76.8 Å². The molecular weight excluding hydrogens is 466 g/mol. The van der Waals surface area contributed by atoms with E-state index in [1.165, 1.54) is 12.1 Å². The van der Waals surface area contributed by atoms with Crippen LogP contribution in [0.25, 0.3) is 0 Å². The summed E-state index contributed by atoms with van der Waals surface area (Å²) in [6, 6.07) is 2.64. The summed E-state index contributed by atoms with van der Waals surface area (Å²) in [5.74, 6) is -3.47. The molecule has 0 saturated heterocycles. The average molecular weight is 498 g/mol. The van der Waals surface area contributed by atoms with Crippen LogP contribution in [0.3, 0.4) is 0 Å². The zero-order chi connectivity index (χ0) is 25.7. The third-order valence-electron chi connectivity index (χ3n) is 4.55. The predicted molar refractivity (Wildman–Crippen MR) is 128 cm³/mol. The van der Waals surface area contributed by atoms with Crippen LogP contribution in [0.4, 0.5) is 0 Å². The summed E-state index contributed by atoms with van der Waals surface area (Å²) in [4.78, 5) is 52.1. The number of phenols is 1. The molecule has 0 aliphatic heterocycles. The minimum absolute atomic E-state index is 0.00894. The Labute approximate surface area is 201 Å². The van der Waals surface area contributed by atoms with Crippen molar-refractivity contribution in [2.75, 3.05) is 18.8 Å². The van der Waals surface area contributed by atoms with Crippen LogP contribution >= 0.6 is 12.6 Å². The van der Waals surface area contributed by atoms with Crippen LogP contribution in [-0.2, 0) is 25.6 Å². The van der Waals surface area contributed by atoms with Crippen molar-refractivity contribution in [2.45, 2.75) is 37.4 Å². The van der Waals surface area contributed by atoms with Crippen molar-refractivity contribution < 1.29 is 29.4 Å². The predicted octanol–water partition coefficient (Wildman–Crippen LogP) is -2.58. The number of nitrogens with two attached hydrogens (primary N) is 3. The van der Waals surface area contributed by atoms with Crippen molar-refractivity contribution in [3.05, 3.63) is 29.8 Å². The number of aliphatic carboxylic acids is 1. The number of carbonyl (C=O) groups excluding carboxylic acids is 3. The molecule has 0 bridgehead atoms. The Morgan fingerprint density at radius 1 is 1.03 bits per heavy atom. The maximum absolute atomic E-state index is 12.7. The Hall–Kier alpha value is -3.52. The molecule has 0 spiro atoms. The quantitative estimate of drug-likeness (QED) is 0.0567. The van der Waals surface area contributed by atoms with Gasteiger partial charge in [-0.25, -0.2) is 4.79 Å². The van der Waals surface area contributed by atoms with Crippen LogP contribution in [0, 0.1) is 0 Å². The highest BCUT2D eigenvalue weighted by atomic mass is 32.1. The average Bonchev–Trinajstić information content (AvgIpc) is 2.78. The molecule has 0 saturated carbocycles. The summed E-state index contributed by atoms with van der Waals surface area (Å²) in [7, 11) is 0. The summed E-state index contributed by atoms with van der Waals surface area (Å²) >= 11 is 3.90. The molecule has 13 nitrogen and oxygen atoms in total. The van der Waals surface area contributed by atoms with E-state index in [4.69, 9.17) is 22.3 Å². The van der Waals surface area contributed by atoms with E-state index in [1.807, 2.05) is 0 Å². The molecule has 1 aromatic rings. The lowest BCUT2D eigenvalue weighted by molar-refractivity contribution is -0.141. The third kappa shape index (κ3) is 10.9. The van der Waals surface area contributed by atoms with Gasteiger partial charge in [0.15, 0.2) is 5.96 Å². The normalized spacial score (nSPS) is 13.1. The van der Waals surface area contributed by atoms with Gasteiger partial charge in [-0.1, -0.05) is 12.1 Å². The molecule has 0 aliphatic carbocycles. The monoisotopic (exact) mass is 497 g/mol. The SMILES string of the molecule is NC(N)=NCCCC(N)C(=O)NCC(=O)NC(Cc1ccc(O)cc1)C(=O)NC(CS)C(=O)O. The molecule has 0 heterocycles. The van der Waals surface area contributed by atoms with E-state index >= 15 is 0 Å². The van der Waals surface area contributed by atoms with Crippen molar-refractivity contribution in [2.24, 2.45) is 22.2 Å². The number of hydrogen-bond acceptors (Lipinski definition) is 8. The maximum atomic E-state index is 12.7. The lowest BCUT2D eigenvalue weighted by Gasteiger charge is -2.21. The molecular formula is C20H31N7O6S. The van der Waals surface area contributed by atoms with Gasteiger partial charge in [0.05, 0.1) is 12.6 Å². The number of benzene rings is 1. The first-order chi connectivity index (χ1) is 16.0. The van der Waals surface area contributed by atoms with Gasteiger partial charge in [-0.05, 0) is 30.5 Å². The molecule has 1 aromatic carbocycles. The van der Waals surface area contributed by atoms with Gasteiger partial charge in [0, 0.05) is 18.7 Å². The summed E-state index contributed by atoms with van der Waals surface area (Å²) in [6.07, 6.45) is 0.759. The number of thiol groups is 1. The highest BCUT2D eigenvalue weighted by Crippen LogP contribution is 2.11. The Kier molecular flexibility index (Phi) is 12.2. The van der Waals surface area contributed by atoms with Gasteiger partial charge in [-0.2, -0.15) is 12.6 Å². The second-order valence-corrected chi connectivity index (χ2v) is 7.71. The number of nitrogens with zero attached hydrogens (tertiary/aromatic N) is 1. The highest BCUT2D eigenvalue weighted by molar-refractivity contribution is 7.80. The number of carboxylic acid groups (broad SMARTS) is 1. The molecule has 3 atom stereocenters. The largest absolute Gasteiger partial charge is 0.508 e. The van der Waals surface area contributed by atoms with Crippen LogP contribution in [0.15, 0.2) is 29.3 Å². The summed E-state index contributed by atoms with van der Waals surface area (Å²) < 4.78 is 0. The molecule has 3 amide bonds. The molecule has 0 radical (unpaired) electrons. The van der Waals surface area contributed by atoms with Crippen molar-refractivity contribution in [1.29, 1.82) is 0 Å². The summed E-state index contributed by atoms with van der Waals surface area (Å²) in [6.45, 7) is -0.143. The smallest absolute Gasteiger partial charge is 0.327 e. The van der Waals surface area contributed by atoms with E-state index in [0.717, 1.165) is 0 Å². The second-order valence-electron chi connectivity index (χ2n) is 7.35. The van der Waals surface area contributed by atoms with E-state index in [0.29, 0.717) is 18.5 Å². The Balaban J connectivity index is 2.72. The van der Waals surface area contributed by atoms with Gasteiger partial charge in [0.1, 0.15) is 17.8 Å². The second kappa shape index (κ2) is 14.6. The van der Waals surface area contributed by atoms with E-state index in [2.05, 4.69) is 33.6 Å². The maximum Gasteiger partial charge on any atom is 0.327 e. The Morgan fingerprint density at radius 3 is 2.24 bits per heavy atom. The molecule has 188 valence electrons.